The summed E-state index contributed by atoms with van der Waals surface area (Å²) >= 11 is 1.83. The number of carbonyl (C=O) groups excluding carboxylic acids is 1. The van der Waals surface area contributed by atoms with Crippen molar-refractivity contribution in [2.75, 3.05) is 39.3 Å². The summed E-state index contributed by atoms with van der Waals surface area (Å²) in [5.74, 6) is -2.23. The second-order valence-electron chi connectivity index (χ2n) is 8.88. The van der Waals surface area contributed by atoms with E-state index in [1.807, 2.05) is 34.4 Å². The fourth-order valence-electron chi connectivity index (χ4n) is 3.79. The summed E-state index contributed by atoms with van der Waals surface area (Å²) in [7, 11) is 0. The van der Waals surface area contributed by atoms with Gasteiger partial charge in [-0.1, -0.05) is 33.1 Å². The van der Waals surface area contributed by atoms with E-state index in [4.69, 9.17) is 5.11 Å². The van der Waals surface area contributed by atoms with Gasteiger partial charge >= 0.3 is 17.9 Å². The zero-order chi connectivity index (χ0) is 25.2. The molecule has 33 heavy (non-hydrogen) atoms. The first-order valence-electron chi connectivity index (χ1n) is 11.8. The highest BCUT2D eigenvalue weighted by atomic mass is 127. The molecule has 0 heterocycles. The monoisotopic (exact) mass is 584 g/mol. The van der Waals surface area contributed by atoms with Crippen LogP contribution in [0.2, 0.25) is 0 Å². The van der Waals surface area contributed by atoms with Gasteiger partial charge in [0, 0.05) is 25.9 Å². The number of hydrogen-bond donors (Lipinski definition) is 3. The highest BCUT2D eigenvalue weighted by Crippen LogP contribution is 2.21. The second kappa shape index (κ2) is 19.1. The van der Waals surface area contributed by atoms with Crippen molar-refractivity contribution in [2.45, 2.75) is 71.6 Å². The number of halogens is 1. The smallest absolute Gasteiger partial charge is 0.317 e. The molecule has 0 aromatic heterocycles. The van der Waals surface area contributed by atoms with E-state index >= 15 is 0 Å². The molecule has 10 heteroatoms. The van der Waals surface area contributed by atoms with Gasteiger partial charge in [-0.2, -0.15) is 0 Å². The third-order valence-electron chi connectivity index (χ3n) is 5.74. The first kappa shape index (κ1) is 31.7. The van der Waals surface area contributed by atoms with E-state index in [-0.39, 0.29) is 29.2 Å². The third-order valence-corrected chi connectivity index (χ3v) is 6.18. The van der Waals surface area contributed by atoms with Gasteiger partial charge in [-0.05, 0) is 73.2 Å². The summed E-state index contributed by atoms with van der Waals surface area (Å²) < 4.78 is 0.151. The molecular weight excluding hydrogens is 543 g/mol. The summed E-state index contributed by atoms with van der Waals surface area (Å²) in [4.78, 5) is 48.4. The zero-order valence-corrected chi connectivity index (χ0v) is 22.2. The van der Waals surface area contributed by atoms with Crippen molar-refractivity contribution in [2.24, 2.45) is 11.8 Å². The molecule has 0 saturated heterocycles. The Bertz CT molecular complexity index is 603. The topological polar surface area (TPSA) is 135 Å². The lowest BCUT2D eigenvalue weighted by Crippen LogP contribution is -2.41. The SMILES string of the molecule is CCCC[C@@H](CCCN(CCN(CCC(C)CCC(=O)O)CC(=O)O)CC(=O)O)CC(=O)I. The summed E-state index contributed by atoms with van der Waals surface area (Å²) in [6.45, 7) is 5.79. The molecule has 0 bridgehead atoms. The van der Waals surface area contributed by atoms with Gasteiger partial charge in [0.25, 0.3) is 0 Å². The van der Waals surface area contributed by atoms with Crippen molar-refractivity contribution >= 4 is 44.3 Å². The maximum absolute atomic E-state index is 11.5. The Balaban J connectivity index is 4.75. The van der Waals surface area contributed by atoms with Crippen LogP contribution in [0.15, 0.2) is 0 Å². The number of carboxylic acid groups (broad SMARTS) is 3. The van der Waals surface area contributed by atoms with Crippen molar-refractivity contribution in [3.05, 3.63) is 0 Å². The van der Waals surface area contributed by atoms with Crippen LogP contribution in [0.4, 0.5) is 0 Å². The summed E-state index contributed by atoms with van der Waals surface area (Å²) in [5.41, 5.74) is 0. The Hall–Kier alpha value is -1.27. The molecule has 0 fully saturated rings. The first-order chi connectivity index (χ1) is 15.5. The van der Waals surface area contributed by atoms with Gasteiger partial charge in [0.15, 0.2) is 3.79 Å². The van der Waals surface area contributed by atoms with E-state index < -0.39 is 17.9 Å². The molecule has 0 aliphatic carbocycles. The minimum absolute atomic E-state index is 0.0922. The zero-order valence-electron chi connectivity index (χ0n) is 20.0. The fraction of sp³-hybridized carbons (Fsp3) is 0.826. The van der Waals surface area contributed by atoms with Crippen molar-refractivity contribution in [1.82, 2.24) is 9.80 Å². The number of unbranched alkanes of at least 4 members (excludes halogenated alkanes) is 1. The number of nitrogens with zero attached hydrogens (tertiary/aromatic N) is 2. The molecular formula is C23H41IN2O7. The Labute approximate surface area is 211 Å². The molecule has 0 aliphatic heterocycles. The van der Waals surface area contributed by atoms with Crippen molar-refractivity contribution < 1.29 is 34.5 Å². The van der Waals surface area contributed by atoms with Crippen LogP contribution < -0.4 is 0 Å². The minimum Gasteiger partial charge on any atom is -0.481 e. The van der Waals surface area contributed by atoms with Gasteiger partial charge in [0.05, 0.1) is 13.1 Å². The fourth-order valence-corrected chi connectivity index (χ4v) is 4.42. The van der Waals surface area contributed by atoms with E-state index in [0.717, 1.165) is 32.1 Å². The normalized spacial score (nSPS) is 13.2. The van der Waals surface area contributed by atoms with E-state index in [9.17, 15) is 29.4 Å². The summed E-state index contributed by atoms with van der Waals surface area (Å²) in [5, 5.41) is 27.3. The average Bonchev–Trinajstić information content (AvgIpc) is 2.70. The largest absolute Gasteiger partial charge is 0.481 e. The highest BCUT2D eigenvalue weighted by molar-refractivity contribution is 14.1. The maximum atomic E-state index is 11.5. The predicted molar refractivity (Wildman–Crippen MR) is 135 cm³/mol. The third kappa shape index (κ3) is 19.9. The summed E-state index contributed by atoms with van der Waals surface area (Å²) in [6, 6.07) is 0. The Kier molecular flexibility index (Phi) is 18.3. The lowest BCUT2D eigenvalue weighted by atomic mass is 9.94. The van der Waals surface area contributed by atoms with Crippen molar-refractivity contribution in [3.63, 3.8) is 0 Å². The van der Waals surface area contributed by atoms with Gasteiger partial charge in [-0.15, -0.1) is 0 Å². The minimum atomic E-state index is -0.944. The number of aliphatic carboxylic acids is 3. The van der Waals surface area contributed by atoms with Gasteiger partial charge < -0.3 is 15.3 Å². The molecule has 2 atom stereocenters. The van der Waals surface area contributed by atoms with Crippen molar-refractivity contribution in [1.29, 1.82) is 0 Å². The molecule has 9 nitrogen and oxygen atoms in total. The van der Waals surface area contributed by atoms with Crippen LogP contribution >= 0.6 is 22.6 Å². The van der Waals surface area contributed by atoms with Gasteiger partial charge in [0.1, 0.15) is 0 Å². The van der Waals surface area contributed by atoms with Crippen LogP contribution in [0, 0.1) is 11.8 Å². The van der Waals surface area contributed by atoms with Gasteiger partial charge in [-0.25, -0.2) is 0 Å². The molecule has 0 aliphatic rings. The van der Waals surface area contributed by atoms with Crippen LogP contribution in [-0.2, 0) is 19.2 Å². The van der Waals surface area contributed by atoms with Gasteiger partial charge in [-0.3, -0.25) is 29.0 Å². The molecule has 3 N–H and O–H groups in total. The standard InChI is InChI=1S/C23H41IN2O7/c1-3-4-6-19(15-20(24)27)7-5-11-25(16-22(30)31)13-14-26(17-23(32)33)12-10-18(2)8-9-21(28)29/h18-19H,3-17H2,1-2H3,(H,28,29)(H,30,31)(H,32,33)/t18?,19-/m0/s1. The van der Waals surface area contributed by atoms with Crippen molar-refractivity contribution in [3.8, 4) is 0 Å². The van der Waals surface area contributed by atoms with E-state index in [1.54, 1.807) is 4.90 Å². The van der Waals surface area contributed by atoms with Crippen LogP contribution in [0.1, 0.15) is 71.6 Å². The lowest BCUT2D eigenvalue weighted by Gasteiger charge is -2.27. The molecule has 0 amide bonds. The first-order valence-corrected chi connectivity index (χ1v) is 12.9. The molecule has 192 valence electrons. The molecule has 0 aromatic carbocycles. The molecule has 0 rings (SSSR count). The van der Waals surface area contributed by atoms with E-state index in [1.165, 1.54) is 0 Å². The molecule has 0 spiro atoms. The van der Waals surface area contributed by atoms with Crippen LogP contribution in [-0.4, -0.2) is 86.1 Å². The van der Waals surface area contributed by atoms with E-state index in [0.29, 0.717) is 51.4 Å². The Morgan fingerprint density at radius 3 is 1.79 bits per heavy atom. The molecule has 1 unspecified atom stereocenters. The van der Waals surface area contributed by atoms with Gasteiger partial charge in [0.2, 0.25) is 0 Å². The quantitative estimate of drug-likeness (QED) is 0.129. The maximum Gasteiger partial charge on any atom is 0.317 e. The lowest BCUT2D eigenvalue weighted by molar-refractivity contribution is -0.140. The average molecular weight is 584 g/mol. The second-order valence-corrected chi connectivity index (χ2v) is 10.1. The molecule has 0 saturated carbocycles. The predicted octanol–water partition coefficient (Wildman–Crippen LogP) is 3.59. The number of carboxylic acids is 3. The Morgan fingerprint density at radius 2 is 1.30 bits per heavy atom. The summed E-state index contributed by atoms with van der Waals surface area (Å²) in [6.07, 6.45) is 6.66. The van der Waals surface area contributed by atoms with Crippen LogP contribution in [0.5, 0.6) is 0 Å². The van der Waals surface area contributed by atoms with Crippen LogP contribution in [0.25, 0.3) is 0 Å². The van der Waals surface area contributed by atoms with E-state index in [2.05, 4.69) is 6.92 Å². The molecule has 0 aromatic rings. The molecule has 0 radical (unpaired) electrons. The number of carbonyl (C=O) groups is 4. The number of hydrogen-bond acceptors (Lipinski definition) is 6. The van der Waals surface area contributed by atoms with Crippen LogP contribution in [0.3, 0.4) is 0 Å². The Morgan fingerprint density at radius 1 is 0.758 bits per heavy atom. The highest BCUT2D eigenvalue weighted by Gasteiger charge is 2.17. The number of rotatable bonds is 22.